The maximum Gasteiger partial charge on any atom is 0.274 e. The quantitative estimate of drug-likeness (QED) is 0.701. The zero-order valence-corrected chi connectivity index (χ0v) is 19.8. The van der Waals surface area contributed by atoms with Gasteiger partial charge in [0.2, 0.25) is 0 Å². The molecule has 178 valence electrons. The third kappa shape index (κ3) is 4.01. The third-order valence-corrected chi connectivity index (χ3v) is 8.94. The lowest BCUT2D eigenvalue weighted by Gasteiger charge is -2.43. The van der Waals surface area contributed by atoms with Crippen LogP contribution in [0.4, 0.5) is 0 Å². The highest BCUT2D eigenvalue weighted by molar-refractivity contribution is 8.14. The SMILES string of the molecule is COc1ccc2c(c1)S(C)(=O)(O)Cc1c(C(=O)N3CCOCC3)nn(/C=C3/CCCNC3)c1-2. The molecule has 1 aromatic carbocycles. The number of morpholine rings is 1. The van der Waals surface area contributed by atoms with E-state index in [4.69, 9.17) is 14.6 Å². The van der Waals surface area contributed by atoms with Gasteiger partial charge in [-0.05, 0) is 37.1 Å². The Labute approximate surface area is 193 Å². The van der Waals surface area contributed by atoms with Crippen LogP contribution in [0.25, 0.3) is 17.5 Å². The number of hydrogen-bond donors (Lipinski definition) is 2. The molecule has 0 atom stereocenters. The van der Waals surface area contributed by atoms with E-state index in [0.717, 1.165) is 25.9 Å². The van der Waals surface area contributed by atoms with E-state index in [1.165, 1.54) is 18.9 Å². The molecule has 1 aromatic heterocycles. The summed E-state index contributed by atoms with van der Waals surface area (Å²) < 4.78 is 37.8. The van der Waals surface area contributed by atoms with Gasteiger partial charge in [-0.3, -0.25) is 9.35 Å². The number of aromatic nitrogens is 2. The lowest BCUT2D eigenvalue weighted by molar-refractivity contribution is 0.0298. The summed E-state index contributed by atoms with van der Waals surface area (Å²) in [5.74, 6) is 0.116. The molecule has 0 saturated carbocycles. The Morgan fingerprint density at radius 2 is 2.12 bits per heavy atom. The molecule has 0 spiro atoms. The van der Waals surface area contributed by atoms with Gasteiger partial charge in [-0.1, -0.05) is 0 Å². The van der Waals surface area contributed by atoms with Crippen molar-refractivity contribution in [3.05, 3.63) is 35.0 Å². The molecule has 3 aliphatic heterocycles. The van der Waals surface area contributed by atoms with E-state index < -0.39 is 9.35 Å². The average Bonchev–Trinajstić information content (AvgIpc) is 3.15. The maximum absolute atomic E-state index is 13.9. The Morgan fingerprint density at radius 1 is 1.33 bits per heavy atom. The number of benzene rings is 1. The summed E-state index contributed by atoms with van der Waals surface area (Å²) in [7, 11) is -2.75. The Balaban J connectivity index is 1.71. The van der Waals surface area contributed by atoms with E-state index in [1.807, 2.05) is 6.20 Å². The monoisotopic (exact) mass is 474 g/mol. The van der Waals surface area contributed by atoms with Crippen LogP contribution in [0.1, 0.15) is 28.9 Å². The molecule has 2 aromatic rings. The fraction of sp³-hybridized carbons (Fsp3) is 0.478. The summed E-state index contributed by atoms with van der Waals surface area (Å²) >= 11 is 0. The average molecular weight is 475 g/mol. The lowest BCUT2D eigenvalue weighted by atomic mass is 10.0. The van der Waals surface area contributed by atoms with Crippen molar-refractivity contribution in [3.8, 4) is 17.0 Å². The van der Waals surface area contributed by atoms with Crippen molar-refractivity contribution in [2.45, 2.75) is 23.5 Å². The van der Waals surface area contributed by atoms with Gasteiger partial charge in [0.25, 0.3) is 5.91 Å². The van der Waals surface area contributed by atoms with E-state index in [-0.39, 0.29) is 17.4 Å². The van der Waals surface area contributed by atoms with Gasteiger partial charge in [-0.15, -0.1) is 0 Å². The molecule has 0 radical (unpaired) electrons. The topological polar surface area (TPSA) is 106 Å². The van der Waals surface area contributed by atoms with Crippen molar-refractivity contribution < 1.29 is 23.0 Å². The number of piperidine rings is 1. The van der Waals surface area contributed by atoms with E-state index in [2.05, 4.69) is 5.32 Å². The number of nitrogens with zero attached hydrogens (tertiary/aromatic N) is 3. The number of methoxy groups -OCH3 is 1. The van der Waals surface area contributed by atoms with Crippen LogP contribution in [-0.2, 0) is 19.8 Å². The summed E-state index contributed by atoms with van der Waals surface area (Å²) in [5, 5.41) is 8.09. The molecular weight excluding hydrogens is 444 g/mol. The molecule has 0 unspecified atom stereocenters. The standard InChI is InChI=1S/C23H30N4O5S/c1-31-17-5-6-18-20(12-17)33(2,29,30)15-19-21(23(28)26-8-10-32-11-9-26)25-27(22(18)19)14-16-4-3-7-24-13-16/h5-6,12,14,24H,3-4,7-11,13,15H2,1-2H3,(H,29,30)/b16-14-. The highest BCUT2D eigenvalue weighted by atomic mass is 32.3. The summed E-state index contributed by atoms with van der Waals surface area (Å²) in [6.07, 6.45) is 5.30. The molecule has 2 N–H and O–H groups in total. The van der Waals surface area contributed by atoms with Gasteiger partial charge in [-0.25, -0.2) is 8.89 Å². The molecule has 10 heteroatoms. The molecule has 2 saturated heterocycles. The number of rotatable bonds is 3. The van der Waals surface area contributed by atoms with Gasteiger partial charge in [0, 0.05) is 49.3 Å². The first-order chi connectivity index (χ1) is 15.7. The molecule has 1 amide bonds. The first kappa shape index (κ1) is 22.3. The third-order valence-electron chi connectivity index (χ3n) is 6.51. The van der Waals surface area contributed by atoms with Crippen LogP contribution in [0, 0.1) is 0 Å². The van der Waals surface area contributed by atoms with Crippen molar-refractivity contribution in [2.75, 3.05) is 52.8 Å². The fourth-order valence-corrected chi connectivity index (χ4v) is 7.06. The molecule has 0 bridgehead atoms. The minimum Gasteiger partial charge on any atom is -0.497 e. The van der Waals surface area contributed by atoms with Crippen molar-refractivity contribution in [1.82, 2.24) is 20.0 Å². The molecule has 0 aliphatic carbocycles. The Kier molecular flexibility index (Phi) is 5.43. The second-order valence-corrected chi connectivity index (χ2v) is 12.8. The van der Waals surface area contributed by atoms with E-state index >= 15 is 0 Å². The zero-order valence-electron chi connectivity index (χ0n) is 19.0. The van der Waals surface area contributed by atoms with E-state index in [1.54, 1.807) is 27.8 Å². The Hall–Kier alpha value is -2.53. The molecule has 2 fully saturated rings. The smallest absolute Gasteiger partial charge is 0.274 e. The number of hydrogen-bond acceptors (Lipinski definition) is 6. The minimum atomic E-state index is -4.28. The van der Waals surface area contributed by atoms with Crippen LogP contribution >= 0.6 is 0 Å². The molecule has 3 aliphatic rings. The predicted molar refractivity (Wildman–Crippen MR) is 126 cm³/mol. The summed E-state index contributed by atoms with van der Waals surface area (Å²) in [4.78, 5) is 15.5. The Morgan fingerprint density at radius 3 is 2.82 bits per heavy atom. The van der Waals surface area contributed by atoms with Gasteiger partial charge < -0.3 is 19.7 Å². The van der Waals surface area contributed by atoms with Gasteiger partial charge >= 0.3 is 0 Å². The van der Waals surface area contributed by atoms with Gasteiger partial charge in [0.1, 0.15) is 5.75 Å². The largest absolute Gasteiger partial charge is 0.497 e. The molecule has 33 heavy (non-hydrogen) atoms. The molecular formula is C23H30N4O5S. The van der Waals surface area contributed by atoms with E-state index in [0.29, 0.717) is 53.8 Å². The van der Waals surface area contributed by atoms with Crippen LogP contribution in [-0.4, -0.2) is 82.1 Å². The zero-order chi connectivity index (χ0) is 23.2. The summed E-state index contributed by atoms with van der Waals surface area (Å²) in [5.41, 5.74) is 3.24. The highest BCUT2D eigenvalue weighted by Gasteiger charge is 2.41. The number of carbonyl (C=O) groups excluding carboxylic acids is 1. The molecule has 5 rings (SSSR count). The number of amides is 1. The van der Waals surface area contributed by atoms with Gasteiger partial charge in [-0.2, -0.15) is 14.4 Å². The normalized spacial score (nSPS) is 23.8. The summed E-state index contributed by atoms with van der Waals surface area (Å²) in [6.45, 7) is 3.63. The van der Waals surface area contributed by atoms with Crippen LogP contribution in [0.3, 0.4) is 0 Å². The second kappa shape index (κ2) is 8.05. The first-order valence-corrected chi connectivity index (χ1v) is 13.7. The fourth-order valence-electron chi connectivity index (χ4n) is 4.81. The van der Waals surface area contributed by atoms with E-state index in [9.17, 15) is 13.6 Å². The predicted octanol–water partition coefficient (Wildman–Crippen LogP) is 2.05. The van der Waals surface area contributed by atoms with Crippen molar-refractivity contribution >= 4 is 21.5 Å². The number of fused-ring (bicyclic) bond motifs is 3. The van der Waals surface area contributed by atoms with Gasteiger partial charge in [0.05, 0.1) is 36.7 Å². The van der Waals surface area contributed by atoms with Crippen LogP contribution < -0.4 is 10.1 Å². The summed E-state index contributed by atoms with van der Waals surface area (Å²) in [6, 6.07) is 5.19. The Bertz CT molecular complexity index is 1200. The van der Waals surface area contributed by atoms with Gasteiger partial charge in [0.15, 0.2) is 5.69 Å². The second-order valence-electron chi connectivity index (χ2n) is 9.08. The molecule has 4 heterocycles. The van der Waals surface area contributed by atoms with Crippen molar-refractivity contribution in [3.63, 3.8) is 0 Å². The van der Waals surface area contributed by atoms with Crippen LogP contribution in [0.5, 0.6) is 5.75 Å². The first-order valence-electron chi connectivity index (χ1n) is 11.2. The van der Waals surface area contributed by atoms with Crippen LogP contribution in [0.15, 0.2) is 28.7 Å². The van der Waals surface area contributed by atoms with Crippen LogP contribution in [0.2, 0.25) is 0 Å². The number of ether oxygens (including phenoxy) is 2. The maximum atomic E-state index is 13.9. The van der Waals surface area contributed by atoms with Crippen molar-refractivity contribution in [2.24, 2.45) is 0 Å². The number of carbonyl (C=O) groups is 1. The van der Waals surface area contributed by atoms with Crippen molar-refractivity contribution in [1.29, 1.82) is 0 Å². The minimum absolute atomic E-state index is 0.167. The number of nitrogens with one attached hydrogen (secondary N) is 1. The highest BCUT2D eigenvalue weighted by Crippen LogP contribution is 2.49. The molecule has 9 nitrogen and oxygen atoms in total. The lowest BCUT2D eigenvalue weighted by Crippen LogP contribution is -2.42.